The van der Waals surface area contributed by atoms with Crippen molar-refractivity contribution < 1.29 is 0 Å². The van der Waals surface area contributed by atoms with Crippen LogP contribution in [0.3, 0.4) is 0 Å². The van der Waals surface area contributed by atoms with E-state index in [4.69, 9.17) is 0 Å². The summed E-state index contributed by atoms with van der Waals surface area (Å²) in [6, 6.07) is 84.9. The predicted octanol–water partition coefficient (Wildman–Crippen LogP) is 16.2. The highest BCUT2D eigenvalue weighted by Gasteiger charge is 2.38. The number of hydrogen-bond acceptors (Lipinski definition) is 0. The number of fused-ring (bicyclic) bond motifs is 12. The van der Waals surface area contributed by atoms with Gasteiger partial charge in [0.2, 0.25) is 0 Å². The van der Waals surface area contributed by atoms with E-state index in [1.807, 2.05) is 0 Å². The molecule has 0 heteroatoms. The van der Waals surface area contributed by atoms with E-state index in [9.17, 15) is 0 Å². The van der Waals surface area contributed by atoms with Crippen molar-refractivity contribution in [1.29, 1.82) is 0 Å². The normalized spacial score (nSPS) is 16.2. The van der Waals surface area contributed by atoms with Gasteiger partial charge in [-0.3, -0.25) is 0 Å². The van der Waals surface area contributed by atoms with Crippen LogP contribution in [0.15, 0.2) is 231 Å². The molecule has 10 aromatic rings. The van der Waals surface area contributed by atoms with Crippen LogP contribution in [0.5, 0.6) is 0 Å². The van der Waals surface area contributed by atoms with Gasteiger partial charge in [0.25, 0.3) is 0 Å². The molecule has 14 rings (SSSR count). The number of allylic oxidation sites excluding steroid dienone is 2. The molecule has 0 N–H and O–H groups in total. The lowest BCUT2D eigenvalue weighted by molar-refractivity contribution is 0.899. The van der Waals surface area contributed by atoms with E-state index in [0.717, 1.165) is 12.8 Å². The fraction of sp³-hybridized carbons (Fsp3) is 0.0625. The maximum Gasteiger partial charge on any atom is 0.0143 e. The van der Waals surface area contributed by atoms with Crippen molar-refractivity contribution >= 4 is 43.8 Å². The molecule has 0 fully saturated rings. The Hall–Kier alpha value is -7.80. The maximum absolute atomic E-state index is 2.36. The molecule has 0 spiro atoms. The molecule has 10 aromatic carbocycles. The van der Waals surface area contributed by atoms with Crippen LogP contribution in [-0.4, -0.2) is 0 Å². The molecule has 0 nitrogen and oxygen atoms in total. The second-order valence-corrected chi connectivity index (χ2v) is 17.7. The quantitative estimate of drug-likeness (QED) is 0.163. The Balaban J connectivity index is 0.000000129. The van der Waals surface area contributed by atoms with Crippen molar-refractivity contribution in [2.75, 3.05) is 0 Å². The van der Waals surface area contributed by atoms with Crippen LogP contribution in [0.2, 0.25) is 0 Å². The first-order valence-corrected chi connectivity index (χ1v) is 22.8. The van der Waals surface area contributed by atoms with Crippen molar-refractivity contribution in [3.8, 4) is 22.3 Å². The molecule has 0 unspecified atom stereocenters. The van der Waals surface area contributed by atoms with E-state index in [0.29, 0.717) is 11.8 Å². The SMILES string of the molecule is c1ccc([C@@H]2Cc3ccc4ccccc4c3C2=C2c3ccccc3-c3ccccc32)cc1.c1ccc([C@H]2Cc3ccc4ccccc4c3C2=C2c3ccccc3-c3ccccc32)cc1. The van der Waals surface area contributed by atoms with Crippen LogP contribution in [0, 0.1) is 0 Å². The molecule has 300 valence electrons. The van der Waals surface area contributed by atoms with Gasteiger partial charge in [-0.15, -0.1) is 0 Å². The Morgan fingerprint density at radius 2 is 0.547 bits per heavy atom. The summed E-state index contributed by atoms with van der Waals surface area (Å²) in [5.74, 6) is 0.706. The Kier molecular flexibility index (Phi) is 8.59. The average molecular weight is 813 g/mol. The van der Waals surface area contributed by atoms with Gasteiger partial charge in [0, 0.05) is 11.8 Å². The highest BCUT2D eigenvalue weighted by atomic mass is 14.4. The van der Waals surface area contributed by atoms with Crippen LogP contribution < -0.4 is 0 Å². The molecule has 0 saturated carbocycles. The van der Waals surface area contributed by atoms with Crippen molar-refractivity contribution in [3.63, 3.8) is 0 Å². The van der Waals surface area contributed by atoms with Crippen molar-refractivity contribution in [2.45, 2.75) is 24.7 Å². The van der Waals surface area contributed by atoms with E-state index >= 15 is 0 Å². The Labute approximate surface area is 375 Å². The molecule has 4 aliphatic rings. The first kappa shape index (κ1) is 36.8. The van der Waals surface area contributed by atoms with E-state index in [1.54, 1.807) is 0 Å². The number of benzene rings is 10. The van der Waals surface area contributed by atoms with Gasteiger partial charge in [0.1, 0.15) is 0 Å². The third-order valence-electron chi connectivity index (χ3n) is 14.4. The van der Waals surface area contributed by atoms with Gasteiger partial charge in [0.05, 0.1) is 0 Å². The monoisotopic (exact) mass is 812 g/mol. The molecule has 0 saturated heterocycles. The molecule has 0 aromatic heterocycles. The van der Waals surface area contributed by atoms with Gasteiger partial charge >= 0.3 is 0 Å². The smallest absolute Gasteiger partial charge is 0.0143 e. The average Bonchev–Trinajstić information content (AvgIpc) is 4.13. The largest absolute Gasteiger partial charge is 0.0622 e. The molecular formula is C64H44. The summed E-state index contributed by atoms with van der Waals surface area (Å²) >= 11 is 0. The number of rotatable bonds is 2. The Morgan fingerprint density at radius 3 is 0.906 bits per heavy atom. The highest BCUT2D eigenvalue weighted by molar-refractivity contribution is 6.17. The second kappa shape index (κ2) is 14.9. The van der Waals surface area contributed by atoms with E-state index in [2.05, 4.69) is 231 Å². The molecule has 0 radical (unpaired) electrons. The summed E-state index contributed by atoms with van der Waals surface area (Å²) in [5.41, 5.74) is 25.3. The van der Waals surface area contributed by atoms with Gasteiger partial charge in [0.15, 0.2) is 0 Å². The summed E-state index contributed by atoms with van der Waals surface area (Å²) in [6.07, 6.45) is 2.10. The van der Waals surface area contributed by atoms with Gasteiger partial charge < -0.3 is 0 Å². The van der Waals surface area contributed by atoms with Gasteiger partial charge in [-0.25, -0.2) is 0 Å². The minimum absolute atomic E-state index is 0.353. The highest BCUT2D eigenvalue weighted by Crippen LogP contribution is 2.57. The van der Waals surface area contributed by atoms with Crippen molar-refractivity contribution in [2.24, 2.45) is 0 Å². The first-order valence-electron chi connectivity index (χ1n) is 22.8. The van der Waals surface area contributed by atoms with Crippen LogP contribution in [0.25, 0.3) is 66.1 Å². The lowest BCUT2D eigenvalue weighted by Gasteiger charge is -2.19. The van der Waals surface area contributed by atoms with E-state index < -0.39 is 0 Å². The zero-order valence-electron chi connectivity index (χ0n) is 35.5. The second-order valence-electron chi connectivity index (χ2n) is 17.7. The molecule has 0 amide bonds. The van der Waals surface area contributed by atoms with Crippen LogP contribution in [0.4, 0.5) is 0 Å². The minimum Gasteiger partial charge on any atom is -0.0622 e. The lowest BCUT2D eigenvalue weighted by Crippen LogP contribution is -2.00. The molecule has 0 heterocycles. The van der Waals surface area contributed by atoms with Gasteiger partial charge in [-0.05, 0) is 135 Å². The summed E-state index contributed by atoms with van der Waals surface area (Å²) in [4.78, 5) is 0. The molecule has 64 heavy (non-hydrogen) atoms. The van der Waals surface area contributed by atoms with Crippen LogP contribution in [-0.2, 0) is 12.8 Å². The number of hydrogen-bond donors (Lipinski definition) is 0. The van der Waals surface area contributed by atoms with Crippen molar-refractivity contribution in [3.05, 3.63) is 286 Å². The van der Waals surface area contributed by atoms with Crippen LogP contribution >= 0.6 is 0 Å². The fourth-order valence-corrected chi connectivity index (χ4v) is 11.8. The third-order valence-corrected chi connectivity index (χ3v) is 14.4. The molecule has 2 atom stereocenters. The zero-order valence-corrected chi connectivity index (χ0v) is 35.5. The molecule has 0 aliphatic heterocycles. The third kappa shape index (κ3) is 5.69. The Bertz CT molecular complexity index is 3210. The molecule has 0 bridgehead atoms. The van der Waals surface area contributed by atoms with Crippen LogP contribution in [0.1, 0.15) is 67.5 Å². The maximum atomic E-state index is 2.36. The topological polar surface area (TPSA) is 0 Å². The van der Waals surface area contributed by atoms with Gasteiger partial charge in [-0.2, -0.15) is 0 Å². The summed E-state index contributed by atoms with van der Waals surface area (Å²) in [5, 5.41) is 5.37. The minimum atomic E-state index is 0.353. The predicted molar refractivity (Wildman–Crippen MR) is 269 cm³/mol. The zero-order chi connectivity index (χ0) is 42.1. The first-order chi connectivity index (χ1) is 31.8. The fourth-order valence-electron chi connectivity index (χ4n) is 11.8. The van der Waals surface area contributed by atoms with Gasteiger partial charge in [-0.1, -0.05) is 231 Å². The van der Waals surface area contributed by atoms with Crippen molar-refractivity contribution in [1.82, 2.24) is 0 Å². The van der Waals surface area contributed by atoms with E-state index in [1.165, 1.54) is 122 Å². The molecule has 4 aliphatic carbocycles. The summed E-state index contributed by atoms with van der Waals surface area (Å²) < 4.78 is 0. The standard InChI is InChI=1S/2C32H22/c2*1-2-10-21(11-3-1)29-20-23-19-18-22-12-4-5-13-24(22)30(23)32(29)31-27-16-8-6-14-25(27)26-15-7-9-17-28(26)31/h2*1-19,29H,20H2/t2*29-/m10/s1. The lowest BCUT2D eigenvalue weighted by atomic mass is 9.84. The van der Waals surface area contributed by atoms with E-state index in [-0.39, 0.29) is 0 Å². The summed E-state index contributed by atoms with van der Waals surface area (Å²) in [6.45, 7) is 0. The summed E-state index contributed by atoms with van der Waals surface area (Å²) in [7, 11) is 0. The molecular weight excluding hydrogens is 769 g/mol. The Morgan fingerprint density at radius 1 is 0.250 bits per heavy atom.